The van der Waals surface area contributed by atoms with Crippen molar-refractivity contribution in [2.24, 2.45) is 0 Å². The van der Waals surface area contributed by atoms with Crippen LogP contribution in [0.25, 0.3) is 10.9 Å². The van der Waals surface area contributed by atoms with E-state index in [0.29, 0.717) is 0 Å². The predicted molar refractivity (Wildman–Crippen MR) is 93.4 cm³/mol. The molecule has 0 spiro atoms. The summed E-state index contributed by atoms with van der Waals surface area (Å²) in [5, 5.41) is 4.21. The zero-order valence-corrected chi connectivity index (χ0v) is 13.5. The predicted octanol–water partition coefficient (Wildman–Crippen LogP) is 4.17. The molecular weight excluding hydrogens is 288 g/mol. The number of methoxy groups -OCH3 is 1. The van der Waals surface area contributed by atoms with E-state index < -0.39 is 0 Å². The SMILES string of the molecule is COc1ccccc1NC(C)C(=O)c1c(C)[nH]c2ccccc12. The van der Waals surface area contributed by atoms with Crippen molar-refractivity contribution in [3.05, 3.63) is 59.8 Å². The number of ketones is 1. The van der Waals surface area contributed by atoms with Crippen LogP contribution in [0.15, 0.2) is 48.5 Å². The van der Waals surface area contributed by atoms with Gasteiger partial charge in [0.1, 0.15) is 5.75 Å². The quantitative estimate of drug-likeness (QED) is 0.696. The molecule has 3 rings (SSSR count). The van der Waals surface area contributed by atoms with Gasteiger partial charge in [0.2, 0.25) is 0 Å². The second-order valence-electron chi connectivity index (χ2n) is 5.60. The third kappa shape index (κ3) is 2.80. The molecular formula is C19H20N2O2. The van der Waals surface area contributed by atoms with Crippen molar-refractivity contribution >= 4 is 22.4 Å². The lowest BCUT2D eigenvalue weighted by Gasteiger charge is -2.16. The molecule has 3 aromatic rings. The number of hydrogen-bond acceptors (Lipinski definition) is 3. The lowest BCUT2D eigenvalue weighted by molar-refractivity contribution is 0.0976. The number of para-hydroxylation sites is 3. The van der Waals surface area contributed by atoms with Crippen LogP contribution in [0, 0.1) is 6.92 Å². The lowest BCUT2D eigenvalue weighted by atomic mass is 10.0. The molecule has 0 radical (unpaired) electrons. The Morgan fingerprint density at radius 3 is 2.61 bits per heavy atom. The van der Waals surface area contributed by atoms with Gasteiger partial charge >= 0.3 is 0 Å². The first-order valence-corrected chi connectivity index (χ1v) is 7.63. The Bertz CT molecular complexity index is 851. The highest BCUT2D eigenvalue weighted by Gasteiger charge is 2.22. The maximum absolute atomic E-state index is 12.9. The van der Waals surface area contributed by atoms with Crippen LogP contribution in [0.2, 0.25) is 0 Å². The van der Waals surface area contributed by atoms with Gasteiger partial charge in [-0.1, -0.05) is 30.3 Å². The summed E-state index contributed by atoms with van der Waals surface area (Å²) in [5.41, 5.74) is 3.44. The minimum absolute atomic E-state index is 0.0610. The minimum atomic E-state index is -0.357. The third-order valence-electron chi connectivity index (χ3n) is 4.01. The van der Waals surface area contributed by atoms with Gasteiger partial charge in [-0.05, 0) is 32.0 Å². The zero-order chi connectivity index (χ0) is 16.4. The standard InChI is InChI=1S/C19H20N2O2/c1-12-18(14-8-4-5-9-15(14)20-12)19(22)13(2)21-16-10-6-7-11-17(16)23-3/h4-11,13,20-21H,1-3H3. The molecule has 4 heteroatoms. The van der Waals surface area contributed by atoms with E-state index in [1.165, 1.54) is 0 Å². The summed E-state index contributed by atoms with van der Waals surface area (Å²) in [5.74, 6) is 0.786. The number of aromatic nitrogens is 1. The molecule has 1 unspecified atom stereocenters. The van der Waals surface area contributed by atoms with Crippen LogP contribution < -0.4 is 10.1 Å². The fraction of sp³-hybridized carbons (Fsp3) is 0.211. The molecule has 0 saturated carbocycles. The summed E-state index contributed by atoms with van der Waals surface area (Å²) in [7, 11) is 1.62. The van der Waals surface area contributed by atoms with Crippen molar-refractivity contribution in [2.75, 3.05) is 12.4 Å². The number of nitrogens with one attached hydrogen (secondary N) is 2. The van der Waals surface area contributed by atoms with Crippen molar-refractivity contribution in [1.29, 1.82) is 0 Å². The number of carbonyl (C=O) groups is 1. The first-order chi connectivity index (χ1) is 11.1. The largest absolute Gasteiger partial charge is 0.495 e. The molecule has 0 fully saturated rings. The highest BCUT2D eigenvalue weighted by Crippen LogP contribution is 2.27. The summed E-state index contributed by atoms with van der Waals surface area (Å²) in [6, 6.07) is 15.1. The number of aromatic amines is 1. The van der Waals surface area contributed by atoms with Gasteiger partial charge in [-0.15, -0.1) is 0 Å². The molecule has 0 bridgehead atoms. The Morgan fingerprint density at radius 1 is 1.13 bits per heavy atom. The van der Waals surface area contributed by atoms with E-state index in [9.17, 15) is 4.79 Å². The molecule has 0 amide bonds. The smallest absolute Gasteiger partial charge is 0.187 e. The second kappa shape index (κ2) is 6.16. The number of aryl methyl sites for hydroxylation is 1. The van der Waals surface area contributed by atoms with Crippen molar-refractivity contribution < 1.29 is 9.53 Å². The third-order valence-corrected chi connectivity index (χ3v) is 4.01. The molecule has 0 saturated heterocycles. The average molecular weight is 308 g/mol. The Kier molecular flexibility index (Phi) is 4.06. The topological polar surface area (TPSA) is 54.1 Å². The molecule has 1 atom stereocenters. The number of fused-ring (bicyclic) bond motifs is 1. The number of carbonyl (C=O) groups excluding carboxylic acids is 1. The number of H-pyrrole nitrogens is 1. The van der Waals surface area contributed by atoms with Gasteiger partial charge in [0.25, 0.3) is 0 Å². The van der Waals surface area contributed by atoms with Gasteiger partial charge in [0.05, 0.1) is 18.8 Å². The number of hydrogen-bond donors (Lipinski definition) is 2. The second-order valence-corrected chi connectivity index (χ2v) is 5.60. The zero-order valence-electron chi connectivity index (χ0n) is 13.5. The monoisotopic (exact) mass is 308 g/mol. The van der Waals surface area contributed by atoms with Crippen molar-refractivity contribution in [3.63, 3.8) is 0 Å². The van der Waals surface area contributed by atoms with Crippen LogP contribution in [-0.2, 0) is 0 Å². The molecule has 118 valence electrons. The minimum Gasteiger partial charge on any atom is -0.495 e. The highest BCUT2D eigenvalue weighted by atomic mass is 16.5. The average Bonchev–Trinajstić information content (AvgIpc) is 2.90. The Labute approximate surface area is 135 Å². The van der Waals surface area contributed by atoms with Crippen LogP contribution in [0.4, 0.5) is 5.69 Å². The summed E-state index contributed by atoms with van der Waals surface area (Å²) >= 11 is 0. The lowest BCUT2D eigenvalue weighted by Crippen LogP contribution is -2.26. The van der Waals surface area contributed by atoms with Gasteiger partial charge < -0.3 is 15.0 Å². The van der Waals surface area contributed by atoms with Gasteiger partial charge in [-0.25, -0.2) is 0 Å². The van der Waals surface area contributed by atoms with E-state index in [4.69, 9.17) is 4.74 Å². The van der Waals surface area contributed by atoms with Gasteiger partial charge in [-0.2, -0.15) is 0 Å². The van der Waals surface area contributed by atoms with Crippen molar-refractivity contribution in [1.82, 2.24) is 4.98 Å². The van der Waals surface area contributed by atoms with Crippen LogP contribution in [0.5, 0.6) is 5.75 Å². The molecule has 23 heavy (non-hydrogen) atoms. The normalized spacial score (nSPS) is 12.1. The van der Waals surface area contributed by atoms with E-state index in [2.05, 4.69) is 10.3 Å². The van der Waals surface area contributed by atoms with Crippen LogP contribution in [0.1, 0.15) is 23.0 Å². The fourth-order valence-electron chi connectivity index (χ4n) is 2.87. The number of rotatable bonds is 5. The maximum Gasteiger partial charge on any atom is 0.187 e. The van der Waals surface area contributed by atoms with Crippen LogP contribution >= 0.6 is 0 Å². The summed E-state index contributed by atoms with van der Waals surface area (Å²) in [6.07, 6.45) is 0. The number of anilines is 1. The highest BCUT2D eigenvalue weighted by molar-refractivity contribution is 6.12. The summed E-state index contributed by atoms with van der Waals surface area (Å²) < 4.78 is 5.33. The first kappa shape index (κ1) is 15.2. The van der Waals surface area contributed by atoms with E-state index >= 15 is 0 Å². The van der Waals surface area contributed by atoms with Gasteiger partial charge in [0, 0.05) is 22.2 Å². The summed E-state index contributed by atoms with van der Waals surface area (Å²) in [4.78, 5) is 16.2. The number of benzene rings is 2. The summed E-state index contributed by atoms with van der Waals surface area (Å²) in [6.45, 7) is 3.80. The van der Waals surface area contributed by atoms with E-state index in [-0.39, 0.29) is 11.8 Å². The molecule has 1 aromatic heterocycles. The number of Topliss-reactive ketones (excluding diaryl/α,β-unsaturated/α-hetero) is 1. The van der Waals surface area contributed by atoms with Crippen molar-refractivity contribution in [3.8, 4) is 5.75 Å². The molecule has 1 heterocycles. The van der Waals surface area contributed by atoms with Crippen LogP contribution in [0.3, 0.4) is 0 Å². The Morgan fingerprint density at radius 2 is 1.83 bits per heavy atom. The molecule has 4 nitrogen and oxygen atoms in total. The first-order valence-electron chi connectivity index (χ1n) is 7.63. The Hall–Kier alpha value is -2.75. The molecule has 0 aliphatic carbocycles. The molecule has 2 aromatic carbocycles. The molecule has 2 N–H and O–H groups in total. The van der Waals surface area contributed by atoms with Gasteiger partial charge in [-0.3, -0.25) is 4.79 Å². The Balaban J connectivity index is 1.91. The van der Waals surface area contributed by atoms with Gasteiger partial charge in [0.15, 0.2) is 5.78 Å². The maximum atomic E-state index is 12.9. The number of ether oxygens (including phenoxy) is 1. The molecule has 0 aliphatic rings. The van der Waals surface area contributed by atoms with Crippen molar-refractivity contribution in [2.45, 2.75) is 19.9 Å². The molecule has 0 aliphatic heterocycles. The van der Waals surface area contributed by atoms with E-state index in [1.54, 1.807) is 7.11 Å². The van der Waals surface area contributed by atoms with E-state index in [0.717, 1.165) is 33.6 Å². The van der Waals surface area contributed by atoms with Crippen LogP contribution in [-0.4, -0.2) is 23.9 Å². The van der Waals surface area contributed by atoms with E-state index in [1.807, 2.05) is 62.4 Å². The fourth-order valence-corrected chi connectivity index (χ4v) is 2.87.